The van der Waals surface area contributed by atoms with Gasteiger partial charge in [0.25, 0.3) is 0 Å². The van der Waals surface area contributed by atoms with E-state index in [0.717, 1.165) is 12.8 Å². The van der Waals surface area contributed by atoms with Crippen LogP contribution in [0.1, 0.15) is 77.5 Å². The van der Waals surface area contributed by atoms with E-state index in [9.17, 15) is 0 Å². The third kappa shape index (κ3) is 2.06. The molecule has 1 aromatic carbocycles. The Hall–Kier alpha value is -1.89. The molecule has 2 aliphatic rings. The zero-order valence-electron chi connectivity index (χ0n) is 17.2. The highest BCUT2D eigenvalue weighted by molar-refractivity contribution is 5.75. The Morgan fingerprint density at radius 1 is 0.923 bits per heavy atom. The highest BCUT2D eigenvalue weighted by Crippen LogP contribution is 2.54. The van der Waals surface area contributed by atoms with Crippen molar-refractivity contribution in [2.24, 2.45) is 0 Å². The van der Waals surface area contributed by atoms with Crippen LogP contribution in [0.25, 0.3) is 17.0 Å². The van der Waals surface area contributed by atoms with Crippen LogP contribution in [0.15, 0.2) is 43.1 Å². The van der Waals surface area contributed by atoms with Gasteiger partial charge in [-0.2, -0.15) is 4.57 Å². The van der Waals surface area contributed by atoms with E-state index in [-0.39, 0.29) is 16.2 Å². The summed E-state index contributed by atoms with van der Waals surface area (Å²) < 4.78 is 2.33. The number of pyridine rings is 1. The zero-order valence-corrected chi connectivity index (χ0v) is 17.2. The number of benzene rings is 1. The summed E-state index contributed by atoms with van der Waals surface area (Å²) in [6.45, 7) is 18.8. The minimum atomic E-state index is 0.0200. The SMILES string of the molecule is C=C1[n+]2ccccc2-c2cc3c(cc2C1(CC)CC)C(C)(C)CC3(C)C. The van der Waals surface area contributed by atoms with E-state index in [1.807, 2.05) is 0 Å². The van der Waals surface area contributed by atoms with Gasteiger partial charge < -0.3 is 0 Å². The lowest BCUT2D eigenvalue weighted by Gasteiger charge is -2.37. The monoisotopic (exact) mass is 346 g/mol. The first-order valence-electron chi connectivity index (χ1n) is 10.1. The summed E-state index contributed by atoms with van der Waals surface area (Å²) >= 11 is 0. The normalized spacial score (nSPS) is 21.1. The molecule has 0 atom stereocenters. The summed E-state index contributed by atoms with van der Waals surface area (Å²) in [5, 5.41) is 0. The number of hydrogen-bond donors (Lipinski definition) is 0. The molecule has 4 rings (SSSR count). The molecule has 0 bridgehead atoms. The Bertz CT molecular complexity index is 910. The molecule has 0 spiro atoms. The van der Waals surface area contributed by atoms with Crippen molar-refractivity contribution in [3.8, 4) is 11.3 Å². The van der Waals surface area contributed by atoms with Crippen LogP contribution in [0.4, 0.5) is 0 Å². The van der Waals surface area contributed by atoms with Crippen molar-refractivity contribution in [3.05, 3.63) is 59.8 Å². The molecule has 0 fully saturated rings. The zero-order chi connectivity index (χ0) is 18.9. The molecule has 0 saturated heterocycles. The van der Waals surface area contributed by atoms with Crippen molar-refractivity contribution in [3.63, 3.8) is 0 Å². The highest BCUT2D eigenvalue weighted by Gasteiger charge is 2.49. The van der Waals surface area contributed by atoms with Gasteiger partial charge in [-0.05, 0) is 65.5 Å². The molecule has 1 aromatic heterocycles. The number of allylic oxidation sites excluding steroid dienone is 1. The molecule has 2 heterocycles. The van der Waals surface area contributed by atoms with Gasteiger partial charge in [-0.15, -0.1) is 0 Å². The number of fused-ring (bicyclic) bond motifs is 4. The molecule has 1 heteroatoms. The predicted octanol–water partition coefficient (Wildman–Crippen LogP) is 6.14. The van der Waals surface area contributed by atoms with Crippen molar-refractivity contribution in [1.82, 2.24) is 0 Å². The summed E-state index contributed by atoms with van der Waals surface area (Å²) in [5.41, 5.74) is 8.96. The molecular weight excluding hydrogens is 314 g/mol. The molecule has 26 heavy (non-hydrogen) atoms. The van der Waals surface area contributed by atoms with Gasteiger partial charge in [0, 0.05) is 12.1 Å². The average Bonchev–Trinajstić information content (AvgIpc) is 2.79. The van der Waals surface area contributed by atoms with Gasteiger partial charge in [-0.25, -0.2) is 0 Å². The van der Waals surface area contributed by atoms with Crippen molar-refractivity contribution in [2.75, 3.05) is 0 Å². The molecule has 0 amide bonds. The van der Waals surface area contributed by atoms with E-state index < -0.39 is 0 Å². The van der Waals surface area contributed by atoms with E-state index in [1.54, 1.807) is 5.56 Å². The Morgan fingerprint density at radius 3 is 2.15 bits per heavy atom. The molecule has 0 N–H and O–H groups in total. The topological polar surface area (TPSA) is 3.88 Å². The predicted molar refractivity (Wildman–Crippen MR) is 110 cm³/mol. The minimum Gasteiger partial charge on any atom is -0.164 e. The Balaban J connectivity index is 2.12. The van der Waals surface area contributed by atoms with Crippen molar-refractivity contribution >= 4 is 5.70 Å². The lowest BCUT2D eigenvalue weighted by Crippen LogP contribution is -2.48. The Kier molecular flexibility index (Phi) is 3.58. The van der Waals surface area contributed by atoms with Gasteiger partial charge in [-0.1, -0.05) is 47.6 Å². The summed E-state index contributed by atoms with van der Waals surface area (Å²) in [7, 11) is 0. The van der Waals surface area contributed by atoms with E-state index in [2.05, 4.69) is 89.2 Å². The van der Waals surface area contributed by atoms with Crippen LogP contribution in [0.3, 0.4) is 0 Å². The van der Waals surface area contributed by atoms with Crippen LogP contribution >= 0.6 is 0 Å². The second-order valence-corrected chi connectivity index (χ2v) is 9.58. The third-order valence-corrected chi connectivity index (χ3v) is 7.20. The van der Waals surface area contributed by atoms with E-state index in [0.29, 0.717) is 0 Å². The maximum Gasteiger partial charge on any atom is 0.218 e. The fraction of sp³-hybridized carbons (Fsp3) is 0.480. The summed E-state index contributed by atoms with van der Waals surface area (Å²) in [4.78, 5) is 0. The summed E-state index contributed by atoms with van der Waals surface area (Å²) in [6, 6.07) is 11.6. The van der Waals surface area contributed by atoms with Crippen LogP contribution in [0.5, 0.6) is 0 Å². The molecule has 2 aromatic rings. The Morgan fingerprint density at radius 2 is 1.54 bits per heavy atom. The quantitative estimate of drug-likeness (QED) is 0.575. The van der Waals surface area contributed by atoms with Gasteiger partial charge in [-0.3, -0.25) is 0 Å². The standard InChI is InChI=1S/C25H32N/c1-8-25(9-2)17(3)26-13-11-10-12-22(26)18-14-20-21(15-19(18)25)24(6,7)16-23(20,4)5/h10-15H,3,8-9,16H2,1-2,4-7H3/q+1. The van der Waals surface area contributed by atoms with Crippen molar-refractivity contribution < 1.29 is 4.57 Å². The summed E-state index contributed by atoms with van der Waals surface area (Å²) in [5.74, 6) is 0. The Labute approximate surface area is 158 Å². The van der Waals surface area contributed by atoms with Gasteiger partial charge >= 0.3 is 0 Å². The molecule has 0 saturated carbocycles. The third-order valence-electron chi connectivity index (χ3n) is 7.20. The summed E-state index contributed by atoms with van der Waals surface area (Å²) in [6.07, 6.45) is 5.56. The lowest BCUT2D eigenvalue weighted by atomic mass is 9.67. The molecule has 136 valence electrons. The first-order chi connectivity index (χ1) is 12.2. The minimum absolute atomic E-state index is 0.0200. The number of rotatable bonds is 2. The lowest BCUT2D eigenvalue weighted by molar-refractivity contribution is -0.577. The number of aromatic nitrogens is 1. The molecule has 0 unspecified atom stereocenters. The average molecular weight is 347 g/mol. The van der Waals surface area contributed by atoms with Crippen LogP contribution < -0.4 is 4.57 Å². The van der Waals surface area contributed by atoms with Crippen LogP contribution in [-0.2, 0) is 16.2 Å². The molecular formula is C25H32N+. The molecule has 1 aliphatic carbocycles. The van der Waals surface area contributed by atoms with E-state index in [4.69, 9.17) is 0 Å². The number of hydrogen-bond acceptors (Lipinski definition) is 0. The van der Waals surface area contributed by atoms with E-state index in [1.165, 1.54) is 34.5 Å². The fourth-order valence-electron chi connectivity index (χ4n) is 5.95. The van der Waals surface area contributed by atoms with Crippen LogP contribution in [0.2, 0.25) is 0 Å². The van der Waals surface area contributed by atoms with Gasteiger partial charge in [0.15, 0.2) is 11.9 Å². The van der Waals surface area contributed by atoms with Gasteiger partial charge in [0.1, 0.15) is 0 Å². The first-order valence-corrected chi connectivity index (χ1v) is 10.1. The molecule has 1 nitrogen and oxygen atoms in total. The fourth-order valence-corrected chi connectivity index (χ4v) is 5.95. The van der Waals surface area contributed by atoms with Crippen LogP contribution in [0, 0.1) is 0 Å². The molecule has 1 aliphatic heterocycles. The van der Waals surface area contributed by atoms with E-state index >= 15 is 0 Å². The maximum absolute atomic E-state index is 4.57. The highest BCUT2D eigenvalue weighted by atomic mass is 15.0. The van der Waals surface area contributed by atoms with Gasteiger partial charge in [0.2, 0.25) is 5.69 Å². The van der Waals surface area contributed by atoms with Crippen LogP contribution in [-0.4, -0.2) is 0 Å². The number of nitrogens with zero attached hydrogens (tertiary/aromatic N) is 1. The largest absolute Gasteiger partial charge is 0.218 e. The van der Waals surface area contributed by atoms with Gasteiger partial charge in [0.05, 0.1) is 11.0 Å². The smallest absolute Gasteiger partial charge is 0.164 e. The molecule has 0 radical (unpaired) electrons. The first kappa shape index (κ1) is 17.5. The second-order valence-electron chi connectivity index (χ2n) is 9.58. The second kappa shape index (κ2) is 5.31. The maximum atomic E-state index is 4.57. The van der Waals surface area contributed by atoms with Crippen molar-refractivity contribution in [1.29, 1.82) is 0 Å². The van der Waals surface area contributed by atoms with Crippen molar-refractivity contribution in [2.45, 2.75) is 77.0 Å².